The molecule has 5 atom stereocenters. The fraction of sp³-hybridized carbons (Fsp3) is 0.750. The van der Waals surface area contributed by atoms with Gasteiger partial charge in [0.25, 0.3) is 0 Å². The van der Waals surface area contributed by atoms with Crippen molar-refractivity contribution in [1.82, 2.24) is 4.90 Å². The van der Waals surface area contributed by atoms with Crippen molar-refractivity contribution >= 4 is 0 Å². The summed E-state index contributed by atoms with van der Waals surface area (Å²) in [6.45, 7) is 5.65. The minimum atomic E-state index is -0.505. The molecule has 1 aromatic carbocycles. The van der Waals surface area contributed by atoms with Gasteiger partial charge in [0, 0.05) is 12.0 Å². The maximum atomic E-state index is 11.8. The van der Waals surface area contributed by atoms with Crippen molar-refractivity contribution in [1.29, 1.82) is 0 Å². The van der Waals surface area contributed by atoms with E-state index in [4.69, 9.17) is 0 Å². The molecule has 4 aliphatic rings. The minimum Gasteiger partial charge on any atom is -0.508 e. The van der Waals surface area contributed by atoms with Crippen LogP contribution >= 0.6 is 0 Å². The van der Waals surface area contributed by atoms with Gasteiger partial charge in [-0.3, -0.25) is 0 Å². The van der Waals surface area contributed by atoms with E-state index in [1.54, 1.807) is 0 Å². The largest absolute Gasteiger partial charge is 0.508 e. The van der Waals surface area contributed by atoms with Gasteiger partial charge in [-0.2, -0.15) is 0 Å². The van der Waals surface area contributed by atoms with E-state index in [0.717, 1.165) is 25.8 Å². The van der Waals surface area contributed by atoms with Crippen LogP contribution in [0.3, 0.4) is 0 Å². The van der Waals surface area contributed by atoms with Crippen LogP contribution in [0.15, 0.2) is 18.2 Å². The Bertz CT molecular complexity index is 712. The number of hydrogen-bond acceptors (Lipinski definition) is 3. The van der Waals surface area contributed by atoms with Crippen LogP contribution in [-0.4, -0.2) is 40.3 Å². The van der Waals surface area contributed by atoms with Crippen LogP contribution in [-0.2, 0) is 6.42 Å². The molecule has 0 bridgehead atoms. The first-order chi connectivity index (χ1) is 13.0. The molecule has 148 valence electrons. The lowest BCUT2D eigenvalue weighted by Gasteiger charge is -2.54. The molecular formula is C24H35NO2. The van der Waals surface area contributed by atoms with Crippen molar-refractivity contribution in [2.75, 3.05) is 19.6 Å². The lowest BCUT2D eigenvalue weighted by Crippen LogP contribution is -2.56. The molecule has 1 heterocycles. The quantitative estimate of drug-likeness (QED) is 0.809. The number of rotatable bonds is 2. The Balaban J connectivity index is 1.40. The molecule has 0 spiro atoms. The second-order valence-electron chi connectivity index (χ2n) is 10.2. The molecule has 1 saturated heterocycles. The van der Waals surface area contributed by atoms with Gasteiger partial charge in [0.2, 0.25) is 0 Å². The van der Waals surface area contributed by atoms with Crippen LogP contribution in [0.5, 0.6) is 5.75 Å². The van der Waals surface area contributed by atoms with Crippen LogP contribution < -0.4 is 0 Å². The van der Waals surface area contributed by atoms with Gasteiger partial charge in [0.15, 0.2) is 0 Å². The first-order valence-electron chi connectivity index (χ1n) is 11.3. The van der Waals surface area contributed by atoms with E-state index in [0.29, 0.717) is 23.5 Å². The lowest BCUT2D eigenvalue weighted by molar-refractivity contribution is -0.118. The maximum absolute atomic E-state index is 11.8. The van der Waals surface area contributed by atoms with Crippen molar-refractivity contribution in [3.05, 3.63) is 29.3 Å². The SMILES string of the molecule is C[C@]12CC[C@@H]3c4ccc(O)cc4CC[C@@H]3[C@@H]1CC[C@]2(O)CN1CCCCC1. The number of fused-ring (bicyclic) bond motifs is 5. The van der Waals surface area contributed by atoms with Gasteiger partial charge in [0.1, 0.15) is 5.75 Å². The van der Waals surface area contributed by atoms with Crippen LogP contribution in [0.2, 0.25) is 0 Å². The normalized spacial score (nSPS) is 41.6. The monoisotopic (exact) mass is 369 g/mol. The Morgan fingerprint density at radius 3 is 2.70 bits per heavy atom. The second-order valence-corrected chi connectivity index (χ2v) is 10.2. The van der Waals surface area contributed by atoms with Crippen LogP contribution in [0.25, 0.3) is 0 Å². The van der Waals surface area contributed by atoms with E-state index < -0.39 is 5.60 Å². The summed E-state index contributed by atoms with van der Waals surface area (Å²) < 4.78 is 0. The topological polar surface area (TPSA) is 43.7 Å². The van der Waals surface area contributed by atoms with Crippen molar-refractivity contribution in [3.63, 3.8) is 0 Å². The molecular weight excluding hydrogens is 334 g/mol. The third kappa shape index (κ3) is 2.76. The van der Waals surface area contributed by atoms with E-state index in [-0.39, 0.29) is 5.41 Å². The Hall–Kier alpha value is -1.06. The highest BCUT2D eigenvalue weighted by Crippen LogP contribution is 2.64. The Morgan fingerprint density at radius 1 is 1.07 bits per heavy atom. The number of aliphatic hydroxyl groups is 1. The van der Waals surface area contributed by atoms with Gasteiger partial charge in [-0.05, 0) is 105 Å². The number of hydrogen-bond donors (Lipinski definition) is 2. The van der Waals surface area contributed by atoms with Crippen LogP contribution in [0, 0.1) is 17.3 Å². The van der Waals surface area contributed by atoms with E-state index in [1.807, 2.05) is 12.1 Å². The van der Waals surface area contributed by atoms with E-state index in [2.05, 4.69) is 17.9 Å². The summed E-state index contributed by atoms with van der Waals surface area (Å²) in [5.41, 5.74) is 2.41. The zero-order chi connectivity index (χ0) is 18.6. The Kier molecular flexibility index (Phi) is 4.32. The van der Waals surface area contributed by atoms with Gasteiger partial charge in [0.05, 0.1) is 5.60 Å². The summed E-state index contributed by atoms with van der Waals surface area (Å²) >= 11 is 0. The van der Waals surface area contributed by atoms with Gasteiger partial charge >= 0.3 is 0 Å². The highest BCUT2D eigenvalue weighted by atomic mass is 16.3. The number of aryl methyl sites for hydroxylation is 1. The minimum absolute atomic E-state index is 0.0695. The highest BCUT2D eigenvalue weighted by Gasteiger charge is 2.61. The summed E-state index contributed by atoms with van der Waals surface area (Å²) in [5, 5.41) is 21.7. The number of nitrogens with zero attached hydrogens (tertiary/aromatic N) is 1. The smallest absolute Gasteiger partial charge is 0.115 e. The van der Waals surface area contributed by atoms with Gasteiger partial charge < -0.3 is 15.1 Å². The molecule has 2 saturated carbocycles. The summed E-state index contributed by atoms with van der Waals surface area (Å²) in [7, 11) is 0. The first kappa shape index (κ1) is 18.0. The predicted octanol–water partition coefficient (Wildman–Crippen LogP) is 4.47. The lowest BCUT2D eigenvalue weighted by atomic mass is 9.53. The molecule has 0 unspecified atom stereocenters. The number of piperidine rings is 1. The number of β-amino-alcohol motifs (C(OH)–C–C–N with tert-alkyl or cyclic N) is 1. The average molecular weight is 370 g/mol. The van der Waals surface area contributed by atoms with E-state index in [1.165, 1.54) is 62.7 Å². The van der Waals surface area contributed by atoms with Crippen molar-refractivity contribution < 1.29 is 10.2 Å². The van der Waals surface area contributed by atoms with Crippen LogP contribution in [0.4, 0.5) is 0 Å². The van der Waals surface area contributed by atoms with E-state index >= 15 is 0 Å². The molecule has 2 N–H and O–H groups in total. The zero-order valence-corrected chi connectivity index (χ0v) is 16.8. The third-order valence-electron chi connectivity index (χ3n) is 8.97. The standard InChI is InChI=1S/C24H35NO2/c1-23-11-9-20-19-8-6-18(26)15-17(19)5-7-21(20)22(23)10-12-24(23,27)16-25-13-3-2-4-14-25/h6,8,15,20-22,26-27H,2-5,7,9-14,16H2,1H3/t20-,21+,22+,23+,24+/m1/s1. The van der Waals surface area contributed by atoms with Crippen molar-refractivity contribution in [3.8, 4) is 5.75 Å². The second kappa shape index (κ2) is 6.49. The number of benzene rings is 1. The fourth-order valence-corrected chi connectivity index (χ4v) is 7.43. The third-order valence-corrected chi connectivity index (χ3v) is 8.97. The number of aromatic hydroxyl groups is 1. The average Bonchev–Trinajstić information content (AvgIpc) is 2.93. The first-order valence-corrected chi connectivity index (χ1v) is 11.3. The summed E-state index contributed by atoms with van der Waals surface area (Å²) in [6.07, 6.45) is 10.8. The molecule has 1 aromatic rings. The molecule has 1 aliphatic heterocycles. The number of phenolic OH excluding ortho intramolecular Hbond substituents is 1. The molecule has 3 nitrogen and oxygen atoms in total. The molecule has 0 amide bonds. The number of likely N-dealkylation sites (tertiary alicyclic amines) is 1. The molecule has 3 heteroatoms. The van der Waals surface area contributed by atoms with Crippen LogP contribution in [0.1, 0.15) is 75.3 Å². The van der Waals surface area contributed by atoms with E-state index in [9.17, 15) is 10.2 Å². The van der Waals surface area contributed by atoms with Gasteiger partial charge in [-0.1, -0.05) is 19.4 Å². The Morgan fingerprint density at radius 2 is 1.89 bits per heavy atom. The molecule has 0 aromatic heterocycles. The molecule has 3 fully saturated rings. The number of phenols is 1. The highest BCUT2D eigenvalue weighted by molar-refractivity contribution is 5.40. The summed E-state index contributed by atoms with van der Waals surface area (Å²) in [4.78, 5) is 2.54. The summed E-state index contributed by atoms with van der Waals surface area (Å²) in [6, 6.07) is 6.04. The molecule has 5 rings (SSSR count). The van der Waals surface area contributed by atoms with Crippen molar-refractivity contribution in [2.24, 2.45) is 17.3 Å². The van der Waals surface area contributed by atoms with Crippen molar-refractivity contribution in [2.45, 2.75) is 76.2 Å². The Labute approximate surface area is 163 Å². The molecule has 27 heavy (non-hydrogen) atoms. The zero-order valence-electron chi connectivity index (χ0n) is 16.8. The maximum Gasteiger partial charge on any atom is 0.115 e. The summed E-state index contributed by atoms with van der Waals surface area (Å²) in [5.74, 6) is 2.39. The van der Waals surface area contributed by atoms with Gasteiger partial charge in [-0.25, -0.2) is 0 Å². The molecule has 0 radical (unpaired) electrons. The predicted molar refractivity (Wildman–Crippen MR) is 108 cm³/mol. The molecule has 3 aliphatic carbocycles. The van der Waals surface area contributed by atoms with Gasteiger partial charge in [-0.15, -0.1) is 0 Å². The fourth-order valence-electron chi connectivity index (χ4n) is 7.43.